The third-order valence-electron chi connectivity index (χ3n) is 5.30. The van der Waals surface area contributed by atoms with Gasteiger partial charge in [-0.3, -0.25) is 0 Å². The van der Waals surface area contributed by atoms with E-state index in [1.807, 2.05) is 0 Å². The predicted molar refractivity (Wildman–Crippen MR) is 92.4 cm³/mol. The smallest absolute Gasteiger partial charge is 0.00390 e. The lowest BCUT2D eigenvalue weighted by atomic mass is 9.75. The van der Waals surface area contributed by atoms with Crippen molar-refractivity contribution in [2.24, 2.45) is 17.6 Å². The van der Waals surface area contributed by atoms with Crippen molar-refractivity contribution in [2.45, 2.75) is 77.7 Å². The fourth-order valence-electron chi connectivity index (χ4n) is 3.93. The zero-order chi connectivity index (χ0) is 15.1. The van der Waals surface area contributed by atoms with Gasteiger partial charge in [-0.25, -0.2) is 0 Å². The number of nitrogens with two attached hydrogens (primary N) is 1. The Hall–Kier alpha value is -0.820. The van der Waals surface area contributed by atoms with Crippen LogP contribution in [0.3, 0.4) is 0 Å². The minimum absolute atomic E-state index is 0.482. The maximum absolute atomic E-state index is 6.06. The predicted octanol–water partition coefficient (Wildman–Crippen LogP) is 5.25. The highest BCUT2D eigenvalue weighted by Gasteiger charge is 2.25. The molecule has 118 valence electrons. The molecular weight excluding hydrogens is 254 g/mol. The van der Waals surface area contributed by atoms with Crippen LogP contribution in [0.25, 0.3) is 0 Å². The first-order chi connectivity index (χ1) is 10.2. The molecule has 1 heteroatoms. The minimum Gasteiger partial charge on any atom is -0.328 e. The van der Waals surface area contributed by atoms with Crippen molar-refractivity contribution in [3.8, 4) is 0 Å². The first-order valence-electron chi connectivity index (χ1n) is 9.00. The highest BCUT2D eigenvalue weighted by molar-refractivity contribution is 5.21. The summed E-state index contributed by atoms with van der Waals surface area (Å²) in [5.74, 6) is 1.88. The summed E-state index contributed by atoms with van der Waals surface area (Å²) < 4.78 is 0. The van der Waals surface area contributed by atoms with Crippen LogP contribution in [0.4, 0.5) is 0 Å². The van der Waals surface area contributed by atoms with Crippen molar-refractivity contribution in [2.75, 3.05) is 0 Å². The summed E-state index contributed by atoms with van der Waals surface area (Å²) >= 11 is 0. The Balaban J connectivity index is 1.78. The molecule has 2 rings (SSSR count). The molecule has 0 bridgehead atoms. The first kappa shape index (κ1) is 16.5. The van der Waals surface area contributed by atoms with E-state index in [-0.39, 0.29) is 0 Å². The molecule has 1 aromatic rings. The van der Waals surface area contributed by atoms with Crippen LogP contribution < -0.4 is 5.73 Å². The van der Waals surface area contributed by atoms with Crippen molar-refractivity contribution < 1.29 is 0 Å². The van der Waals surface area contributed by atoms with Gasteiger partial charge in [0.2, 0.25) is 0 Å². The second-order valence-corrected chi connectivity index (χ2v) is 7.10. The molecule has 0 spiro atoms. The molecule has 1 saturated carbocycles. The van der Waals surface area contributed by atoms with Crippen LogP contribution in [0.5, 0.6) is 0 Å². The van der Waals surface area contributed by atoms with Crippen LogP contribution in [0.15, 0.2) is 24.3 Å². The summed E-state index contributed by atoms with van der Waals surface area (Å²) in [4.78, 5) is 0. The molecular formula is C20H33N. The van der Waals surface area contributed by atoms with E-state index in [2.05, 4.69) is 38.1 Å². The highest BCUT2D eigenvalue weighted by Crippen LogP contribution is 2.34. The number of benzene rings is 1. The van der Waals surface area contributed by atoms with E-state index in [9.17, 15) is 0 Å². The second-order valence-electron chi connectivity index (χ2n) is 7.10. The molecule has 0 unspecified atom stereocenters. The monoisotopic (exact) mass is 287 g/mol. The van der Waals surface area contributed by atoms with E-state index >= 15 is 0 Å². The van der Waals surface area contributed by atoms with Gasteiger partial charge in [-0.05, 0) is 69.3 Å². The molecule has 1 nitrogen and oxygen atoms in total. The van der Waals surface area contributed by atoms with Gasteiger partial charge < -0.3 is 5.73 Å². The van der Waals surface area contributed by atoms with E-state index in [0.717, 1.165) is 11.8 Å². The van der Waals surface area contributed by atoms with Crippen LogP contribution in [0, 0.1) is 18.8 Å². The normalized spacial score (nSPS) is 24.0. The van der Waals surface area contributed by atoms with Crippen LogP contribution in [-0.2, 0) is 6.42 Å². The number of hydrogen-bond donors (Lipinski definition) is 1. The lowest BCUT2D eigenvalue weighted by Gasteiger charge is -2.32. The summed E-state index contributed by atoms with van der Waals surface area (Å²) in [5, 5.41) is 0. The molecule has 0 radical (unpaired) electrons. The molecule has 2 N–H and O–H groups in total. The Labute approximate surface area is 131 Å². The van der Waals surface area contributed by atoms with Gasteiger partial charge in [0.1, 0.15) is 0 Å². The zero-order valence-electron chi connectivity index (χ0n) is 14.0. The summed E-state index contributed by atoms with van der Waals surface area (Å²) in [6.07, 6.45) is 12.0. The maximum atomic E-state index is 6.06. The van der Waals surface area contributed by atoms with Gasteiger partial charge in [-0.1, -0.05) is 49.6 Å². The van der Waals surface area contributed by atoms with Gasteiger partial charge in [-0.15, -0.1) is 0 Å². The van der Waals surface area contributed by atoms with Gasteiger partial charge >= 0.3 is 0 Å². The largest absolute Gasteiger partial charge is 0.328 e. The van der Waals surface area contributed by atoms with Gasteiger partial charge in [0, 0.05) is 6.04 Å². The molecule has 1 fully saturated rings. The molecule has 1 aliphatic rings. The average Bonchev–Trinajstić information content (AvgIpc) is 2.49. The Kier molecular flexibility index (Phi) is 6.76. The van der Waals surface area contributed by atoms with Gasteiger partial charge in [-0.2, -0.15) is 0 Å². The second kappa shape index (κ2) is 8.58. The fourth-order valence-corrected chi connectivity index (χ4v) is 3.93. The third-order valence-corrected chi connectivity index (χ3v) is 5.30. The van der Waals surface area contributed by atoms with Crippen molar-refractivity contribution in [3.05, 3.63) is 35.4 Å². The molecule has 0 aliphatic heterocycles. The minimum atomic E-state index is 0.482. The number of hydrogen-bond acceptors (Lipinski definition) is 1. The lowest BCUT2D eigenvalue weighted by Crippen LogP contribution is -2.29. The third kappa shape index (κ3) is 5.47. The van der Waals surface area contributed by atoms with Crippen LogP contribution in [0.1, 0.15) is 69.4 Å². The van der Waals surface area contributed by atoms with Crippen LogP contribution >= 0.6 is 0 Å². The summed E-state index contributed by atoms with van der Waals surface area (Å²) in [5.41, 5.74) is 8.92. The molecule has 0 aromatic heterocycles. The van der Waals surface area contributed by atoms with Crippen molar-refractivity contribution in [1.82, 2.24) is 0 Å². The molecule has 21 heavy (non-hydrogen) atoms. The number of rotatable bonds is 7. The average molecular weight is 287 g/mol. The van der Waals surface area contributed by atoms with Crippen molar-refractivity contribution in [3.63, 3.8) is 0 Å². The summed E-state index contributed by atoms with van der Waals surface area (Å²) in [6, 6.07) is 9.55. The molecule has 0 amide bonds. The molecule has 1 atom stereocenters. The Morgan fingerprint density at radius 2 is 1.71 bits per heavy atom. The van der Waals surface area contributed by atoms with Crippen LogP contribution in [-0.4, -0.2) is 6.04 Å². The van der Waals surface area contributed by atoms with Gasteiger partial charge in [0.15, 0.2) is 0 Å². The Bertz CT molecular complexity index is 387. The van der Waals surface area contributed by atoms with Gasteiger partial charge in [0.25, 0.3) is 0 Å². The van der Waals surface area contributed by atoms with Gasteiger partial charge in [0.05, 0.1) is 0 Å². The standard InChI is InChI=1S/C20H33N/c1-3-5-18(19-12-14-20(21)15-13-19)7-4-6-17-10-8-16(2)9-11-17/h8-11,18-20H,3-7,12-15,21H2,1-2H3/t18-,19?,20?/m1/s1. The molecule has 1 aromatic carbocycles. The quantitative estimate of drug-likeness (QED) is 0.728. The summed E-state index contributed by atoms with van der Waals surface area (Å²) in [6.45, 7) is 4.50. The van der Waals surface area contributed by atoms with E-state index < -0.39 is 0 Å². The molecule has 1 aliphatic carbocycles. The fraction of sp³-hybridized carbons (Fsp3) is 0.700. The number of aryl methyl sites for hydroxylation is 2. The van der Waals surface area contributed by atoms with Crippen molar-refractivity contribution in [1.29, 1.82) is 0 Å². The lowest BCUT2D eigenvalue weighted by molar-refractivity contribution is 0.208. The van der Waals surface area contributed by atoms with Crippen LogP contribution in [0.2, 0.25) is 0 Å². The zero-order valence-corrected chi connectivity index (χ0v) is 14.0. The SMILES string of the molecule is CCC[C@H](CCCc1ccc(C)cc1)C1CCC(N)CC1. The maximum Gasteiger partial charge on any atom is 0.00390 e. The van der Waals surface area contributed by atoms with E-state index in [1.54, 1.807) is 0 Å². The first-order valence-corrected chi connectivity index (χ1v) is 9.00. The Morgan fingerprint density at radius 3 is 2.33 bits per heavy atom. The highest BCUT2D eigenvalue weighted by atomic mass is 14.6. The van der Waals surface area contributed by atoms with E-state index in [4.69, 9.17) is 5.73 Å². The van der Waals surface area contributed by atoms with E-state index in [0.29, 0.717) is 6.04 Å². The summed E-state index contributed by atoms with van der Waals surface area (Å²) in [7, 11) is 0. The Morgan fingerprint density at radius 1 is 1.05 bits per heavy atom. The molecule has 0 heterocycles. The van der Waals surface area contributed by atoms with Crippen molar-refractivity contribution >= 4 is 0 Å². The molecule has 0 saturated heterocycles. The van der Waals surface area contributed by atoms with E-state index in [1.165, 1.54) is 68.9 Å². The topological polar surface area (TPSA) is 26.0 Å².